The van der Waals surface area contributed by atoms with Gasteiger partial charge in [-0.1, -0.05) is 19.4 Å². The van der Waals surface area contributed by atoms with Gasteiger partial charge in [-0.2, -0.15) is 0 Å². The fraction of sp³-hybridized carbons (Fsp3) is 0.520. The number of hydrogen-bond donors (Lipinski definition) is 3. The Kier molecular flexibility index (Phi) is 7.56. The van der Waals surface area contributed by atoms with Crippen LogP contribution in [0, 0.1) is 29.1 Å². The molecule has 0 bridgehead atoms. The van der Waals surface area contributed by atoms with E-state index in [1.807, 2.05) is 12.4 Å². The SMILES string of the molecule is CCOC(=N)/C=C(/C)C(=N)N(CC1CCCC(C)(Cn2cnc3ccc(C)cc32)C1)C(=O)O. The van der Waals surface area contributed by atoms with E-state index in [4.69, 9.17) is 15.6 Å². The highest BCUT2D eigenvalue weighted by atomic mass is 16.5. The average Bonchev–Trinajstić information content (AvgIpc) is 3.12. The van der Waals surface area contributed by atoms with Crippen LogP contribution in [0.1, 0.15) is 52.0 Å². The Bertz CT molecular complexity index is 1070. The summed E-state index contributed by atoms with van der Waals surface area (Å²) in [7, 11) is 0. The molecule has 1 aromatic heterocycles. The molecule has 1 saturated carbocycles. The van der Waals surface area contributed by atoms with Crippen LogP contribution in [0.4, 0.5) is 4.79 Å². The van der Waals surface area contributed by atoms with E-state index >= 15 is 0 Å². The number of benzene rings is 1. The van der Waals surface area contributed by atoms with Gasteiger partial charge in [-0.3, -0.25) is 15.7 Å². The third-order valence-electron chi connectivity index (χ3n) is 6.47. The molecule has 178 valence electrons. The number of nitrogens with zero attached hydrogens (tertiary/aromatic N) is 3. The van der Waals surface area contributed by atoms with E-state index in [2.05, 4.69) is 35.5 Å². The maximum absolute atomic E-state index is 12.0. The summed E-state index contributed by atoms with van der Waals surface area (Å²) in [6.45, 7) is 9.23. The maximum Gasteiger partial charge on any atom is 0.413 e. The smallest absolute Gasteiger partial charge is 0.413 e. The molecule has 0 saturated heterocycles. The van der Waals surface area contributed by atoms with Gasteiger partial charge in [-0.25, -0.2) is 9.78 Å². The van der Waals surface area contributed by atoms with Crippen LogP contribution in [0.2, 0.25) is 0 Å². The lowest BCUT2D eigenvalue weighted by Crippen LogP contribution is -2.42. The number of amidine groups is 1. The number of rotatable bonds is 7. The molecule has 8 heteroatoms. The molecule has 1 fully saturated rings. The van der Waals surface area contributed by atoms with Crippen LogP contribution in [0.25, 0.3) is 11.0 Å². The molecular weight excluding hydrogens is 418 g/mol. The van der Waals surface area contributed by atoms with Gasteiger partial charge in [-0.15, -0.1) is 0 Å². The molecule has 2 unspecified atom stereocenters. The molecule has 1 aliphatic carbocycles. The number of amides is 1. The van der Waals surface area contributed by atoms with E-state index in [-0.39, 0.29) is 29.6 Å². The second-order valence-corrected chi connectivity index (χ2v) is 9.50. The van der Waals surface area contributed by atoms with E-state index in [1.165, 1.54) is 11.6 Å². The van der Waals surface area contributed by atoms with Gasteiger partial charge in [0, 0.05) is 19.2 Å². The number of aromatic nitrogens is 2. The zero-order valence-corrected chi connectivity index (χ0v) is 20.0. The van der Waals surface area contributed by atoms with Gasteiger partial charge >= 0.3 is 6.09 Å². The van der Waals surface area contributed by atoms with Gasteiger partial charge in [0.25, 0.3) is 0 Å². The highest BCUT2D eigenvalue weighted by molar-refractivity contribution is 6.06. The standard InChI is InChI=1S/C25H35N5O3/c1-5-33-22(26)12-18(3)23(27)30(24(31)32)14-19-7-6-10-25(4,13-19)15-29-16-28-20-9-8-17(2)11-21(20)29/h8-9,11-12,16,19,26-27H,5-7,10,13-15H2,1-4H3,(H,31,32)/b18-12-,26-22?,27-23?. The zero-order chi connectivity index (χ0) is 24.2. The van der Waals surface area contributed by atoms with Gasteiger partial charge < -0.3 is 14.4 Å². The quantitative estimate of drug-likeness (QED) is 0.381. The Morgan fingerprint density at radius 1 is 1.42 bits per heavy atom. The van der Waals surface area contributed by atoms with Gasteiger partial charge in [0.05, 0.1) is 24.0 Å². The van der Waals surface area contributed by atoms with Gasteiger partial charge in [0.2, 0.25) is 5.90 Å². The summed E-state index contributed by atoms with van der Waals surface area (Å²) in [5, 5.41) is 26.0. The van der Waals surface area contributed by atoms with Crippen molar-refractivity contribution in [3.8, 4) is 0 Å². The Morgan fingerprint density at radius 2 is 2.18 bits per heavy atom. The summed E-state index contributed by atoms with van der Waals surface area (Å²) in [5.74, 6) is -0.00991. The second-order valence-electron chi connectivity index (χ2n) is 9.50. The minimum Gasteiger partial charge on any atom is -0.478 e. The zero-order valence-electron chi connectivity index (χ0n) is 20.0. The molecule has 1 aliphatic rings. The number of nitrogens with one attached hydrogen (secondary N) is 2. The van der Waals surface area contributed by atoms with E-state index in [1.54, 1.807) is 13.8 Å². The summed E-state index contributed by atoms with van der Waals surface area (Å²) >= 11 is 0. The van der Waals surface area contributed by atoms with Crippen molar-refractivity contribution in [3.63, 3.8) is 0 Å². The molecule has 2 aromatic rings. The molecule has 8 nitrogen and oxygen atoms in total. The summed E-state index contributed by atoms with van der Waals surface area (Å²) < 4.78 is 7.32. The number of aryl methyl sites for hydroxylation is 1. The summed E-state index contributed by atoms with van der Waals surface area (Å²) in [6, 6.07) is 6.28. The van der Waals surface area contributed by atoms with Crippen molar-refractivity contribution < 1.29 is 14.6 Å². The van der Waals surface area contributed by atoms with Crippen molar-refractivity contribution in [2.45, 2.75) is 59.9 Å². The molecule has 3 rings (SSSR count). The lowest BCUT2D eigenvalue weighted by Gasteiger charge is -2.40. The van der Waals surface area contributed by atoms with Gasteiger partial charge in [0.15, 0.2) is 0 Å². The Balaban J connectivity index is 1.72. The Labute approximate surface area is 195 Å². The van der Waals surface area contributed by atoms with Crippen LogP contribution in [0.3, 0.4) is 0 Å². The van der Waals surface area contributed by atoms with Crippen LogP contribution >= 0.6 is 0 Å². The van der Waals surface area contributed by atoms with Crippen molar-refractivity contribution in [1.82, 2.24) is 14.5 Å². The van der Waals surface area contributed by atoms with Crippen LogP contribution < -0.4 is 0 Å². The molecule has 0 aliphatic heterocycles. The van der Waals surface area contributed by atoms with E-state index < -0.39 is 6.09 Å². The lowest BCUT2D eigenvalue weighted by atomic mass is 9.70. The van der Waals surface area contributed by atoms with Crippen LogP contribution in [-0.4, -0.2) is 50.5 Å². The summed E-state index contributed by atoms with van der Waals surface area (Å²) in [6.07, 6.45) is 6.08. The largest absolute Gasteiger partial charge is 0.478 e. The minimum absolute atomic E-state index is 0.0225. The third-order valence-corrected chi connectivity index (χ3v) is 6.47. The topological polar surface area (TPSA) is 115 Å². The van der Waals surface area contributed by atoms with Crippen molar-refractivity contribution in [1.29, 1.82) is 10.8 Å². The van der Waals surface area contributed by atoms with Crippen molar-refractivity contribution in [3.05, 3.63) is 41.7 Å². The molecule has 2 atom stereocenters. The van der Waals surface area contributed by atoms with Crippen molar-refractivity contribution in [2.24, 2.45) is 11.3 Å². The van der Waals surface area contributed by atoms with Gasteiger partial charge in [-0.05, 0) is 74.6 Å². The third kappa shape index (κ3) is 6.00. The van der Waals surface area contributed by atoms with Crippen molar-refractivity contribution >= 4 is 28.9 Å². The van der Waals surface area contributed by atoms with Crippen LogP contribution in [0.15, 0.2) is 36.2 Å². The van der Waals surface area contributed by atoms with Crippen molar-refractivity contribution in [2.75, 3.05) is 13.2 Å². The first-order valence-electron chi connectivity index (χ1n) is 11.5. The first-order valence-corrected chi connectivity index (χ1v) is 11.5. The highest BCUT2D eigenvalue weighted by Gasteiger charge is 2.35. The normalized spacial score (nSPS) is 21.1. The predicted octanol–water partition coefficient (Wildman–Crippen LogP) is 5.46. The van der Waals surface area contributed by atoms with Crippen LogP contribution in [0.5, 0.6) is 0 Å². The summed E-state index contributed by atoms with van der Waals surface area (Å²) in [5.41, 5.74) is 3.74. The summed E-state index contributed by atoms with van der Waals surface area (Å²) in [4.78, 5) is 17.6. The Morgan fingerprint density at radius 3 is 2.88 bits per heavy atom. The van der Waals surface area contributed by atoms with E-state index in [9.17, 15) is 9.90 Å². The second kappa shape index (κ2) is 10.2. The molecule has 1 heterocycles. The van der Waals surface area contributed by atoms with E-state index in [0.717, 1.165) is 48.2 Å². The number of hydrogen-bond acceptors (Lipinski definition) is 5. The average molecular weight is 454 g/mol. The minimum atomic E-state index is -1.14. The van der Waals surface area contributed by atoms with Gasteiger partial charge in [0.1, 0.15) is 5.84 Å². The molecule has 3 N–H and O–H groups in total. The number of carbonyl (C=O) groups is 1. The maximum atomic E-state index is 12.0. The molecule has 33 heavy (non-hydrogen) atoms. The van der Waals surface area contributed by atoms with Crippen LogP contribution in [-0.2, 0) is 11.3 Å². The predicted molar refractivity (Wildman–Crippen MR) is 130 cm³/mol. The lowest BCUT2D eigenvalue weighted by molar-refractivity contribution is 0.113. The molecular formula is C25H35N5O3. The molecule has 0 spiro atoms. The Hall–Kier alpha value is -3.16. The number of carboxylic acid groups (broad SMARTS) is 1. The number of ether oxygens (including phenoxy) is 1. The fourth-order valence-corrected chi connectivity index (χ4v) is 4.92. The monoisotopic (exact) mass is 453 g/mol. The number of fused-ring (bicyclic) bond motifs is 1. The van der Waals surface area contributed by atoms with E-state index in [0.29, 0.717) is 12.2 Å². The molecule has 0 radical (unpaired) electrons. The molecule has 1 amide bonds. The molecule has 1 aromatic carbocycles. The highest BCUT2D eigenvalue weighted by Crippen LogP contribution is 2.41. The first-order chi connectivity index (χ1) is 15.6. The fourth-order valence-electron chi connectivity index (χ4n) is 4.92. The number of imidazole rings is 1. The first kappa shape index (κ1) is 24.5.